The standard InChI is InChI=1S/C25H28N6O2/c1-18-3-6-22(7-4-18)31-19(2)23(17-27-31)25(33)28-21-5-8-24(20(15-21)16-26)30-11-9-29(10-12-30)13-14-32/h3-8,15,17,32H,9-14H2,1-2H3,(H,28,33). The van der Waals surface area contributed by atoms with E-state index in [1.807, 2.05) is 50.2 Å². The Kier molecular flexibility index (Phi) is 6.73. The van der Waals surface area contributed by atoms with Crippen molar-refractivity contribution in [3.8, 4) is 11.8 Å². The number of nitrogens with one attached hydrogen (secondary N) is 1. The van der Waals surface area contributed by atoms with Gasteiger partial charge in [0, 0.05) is 38.4 Å². The number of hydrogen-bond acceptors (Lipinski definition) is 6. The number of nitrogens with zero attached hydrogens (tertiary/aromatic N) is 5. The SMILES string of the molecule is Cc1ccc(-n2ncc(C(=O)Nc3ccc(N4CCN(CCO)CC4)c(C#N)c3)c2C)cc1. The van der Waals surface area contributed by atoms with E-state index >= 15 is 0 Å². The number of aliphatic hydroxyl groups is 1. The first-order chi connectivity index (χ1) is 16.0. The number of aromatic nitrogens is 2. The summed E-state index contributed by atoms with van der Waals surface area (Å²) in [5, 5.41) is 26.1. The average Bonchev–Trinajstić information content (AvgIpc) is 3.21. The maximum Gasteiger partial charge on any atom is 0.259 e. The summed E-state index contributed by atoms with van der Waals surface area (Å²) in [4.78, 5) is 17.3. The van der Waals surface area contributed by atoms with Crippen molar-refractivity contribution in [2.24, 2.45) is 0 Å². The van der Waals surface area contributed by atoms with E-state index in [0.29, 0.717) is 23.4 Å². The van der Waals surface area contributed by atoms with Gasteiger partial charge >= 0.3 is 0 Å². The smallest absolute Gasteiger partial charge is 0.259 e. The number of anilines is 2. The monoisotopic (exact) mass is 444 g/mol. The van der Waals surface area contributed by atoms with E-state index in [1.54, 1.807) is 16.9 Å². The van der Waals surface area contributed by atoms with Crippen molar-refractivity contribution in [3.05, 3.63) is 71.0 Å². The summed E-state index contributed by atoms with van der Waals surface area (Å²) in [5.74, 6) is -0.264. The minimum atomic E-state index is -0.264. The number of carbonyl (C=O) groups excluding carboxylic acids is 1. The molecule has 0 aliphatic carbocycles. The van der Waals surface area contributed by atoms with Gasteiger partial charge in [0.2, 0.25) is 0 Å². The number of nitriles is 1. The molecule has 1 aromatic heterocycles. The minimum Gasteiger partial charge on any atom is -0.395 e. The van der Waals surface area contributed by atoms with Crippen LogP contribution in [0.3, 0.4) is 0 Å². The second-order valence-electron chi connectivity index (χ2n) is 8.24. The lowest BCUT2D eigenvalue weighted by atomic mass is 10.1. The van der Waals surface area contributed by atoms with E-state index in [1.165, 1.54) is 0 Å². The van der Waals surface area contributed by atoms with Crippen LogP contribution in [-0.4, -0.2) is 65.0 Å². The van der Waals surface area contributed by atoms with Crippen LogP contribution in [0.4, 0.5) is 11.4 Å². The Morgan fingerprint density at radius 2 is 1.85 bits per heavy atom. The number of piperazine rings is 1. The second kappa shape index (κ2) is 9.86. The molecule has 1 aliphatic heterocycles. The molecule has 8 heteroatoms. The van der Waals surface area contributed by atoms with Gasteiger partial charge in [-0.3, -0.25) is 9.69 Å². The molecule has 0 spiro atoms. The summed E-state index contributed by atoms with van der Waals surface area (Å²) >= 11 is 0. The molecule has 0 bridgehead atoms. The Hall–Kier alpha value is -3.67. The number of benzene rings is 2. The van der Waals surface area contributed by atoms with E-state index in [2.05, 4.69) is 26.3 Å². The lowest BCUT2D eigenvalue weighted by Crippen LogP contribution is -2.47. The first-order valence-corrected chi connectivity index (χ1v) is 11.1. The topological polar surface area (TPSA) is 97.4 Å². The summed E-state index contributed by atoms with van der Waals surface area (Å²) in [5.41, 5.74) is 5.24. The first kappa shape index (κ1) is 22.5. The van der Waals surface area contributed by atoms with Crippen LogP contribution < -0.4 is 10.2 Å². The van der Waals surface area contributed by atoms with Gasteiger partial charge in [-0.25, -0.2) is 4.68 Å². The Labute approximate surface area is 193 Å². The Balaban J connectivity index is 1.48. The van der Waals surface area contributed by atoms with Crippen LogP contribution in [0.15, 0.2) is 48.7 Å². The van der Waals surface area contributed by atoms with Gasteiger partial charge in [-0.2, -0.15) is 10.4 Å². The maximum absolute atomic E-state index is 12.9. The zero-order chi connectivity index (χ0) is 23.4. The number of aliphatic hydroxyl groups excluding tert-OH is 1. The second-order valence-corrected chi connectivity index (χ2v) is 8.24. The predicted octanol–water partition coefficient (Wildman–Crippen LogP) is 2.73. The molecule has 2 aromatic carbocycles. The van der Waals surface area contributed by atoms with Crippen molar-refractivity contribution < 1.29 is 9.90 Å². The fraction of sp³-hybridized carbons (Fsp3) is 0.320. The quantitative estimate of drug-likeness (QED) is 0.607. The van der Waals surface area contributed by atoms with Crippen LogP contribution in [0.2, 0.25) is 0 Å². The van der Waals surface area contributed by atoms with Gasteiger partial charge in [0.15, 0.2) is 0 Å². The molecule has 0 atom stereocenters. The number of carbonyl (C=O) groups is 1. The first-order valence-electron chi connectivity index (χ1n) is 11.1. The maximum atomic E-state index is 12.9. The van der Waals surface area contributed by atoms with Crippen molar-refractivity contribution in [1.82, 2.24) is 14.7 Å². The number of amides is 1. The van der Waals surface area contributed by atoms with Gasteiger partial charge in [0.25, 0.3) is 5.91 Å². The van der Waals surface area contributed by atoms with Crippen molar-refractivity contribution in [2.45, 2.75) is 13.8 Å². The molecule has 170 valence electrons. The van der Waals surface area contributed by atoms with Crippen molar-refractivity contribution in [3.63, 3.8) is 0 Å². The third kappa shape index (κ3) is 4.90. The lowest BCUT2D eigenvalue weighted by molar-refractivity contribution is 0.102. The lowest BCUT2D eigenvalue weighted by Gasteiger charge is -2.36. The summed E-state index contributed by atoms with van der Waals surface area (Å²) < 4.78 is 1.74. The van der Waals surface area contributed by atoms with E-state index in [0.717, 1.165) is 48.8 Å². The van der Waals surface area contributed by atoms with Gasteiger partial charge < -0.3 is 15.3 Å². The largest absolute Gasteiger partial charge is 0.395 e. The van der Waals surface area contributed by atoms with Gasteiger partial charge in [0.05, 0.1) is 41.0 Å². The molecule has 8 nitrogen and oxygen atoms in total. The van der Waals surface area contributed by atoms with E-state index in [-0.39, 0.29) is 12.5 Å². The zero-order valence-electron chi connectivity index (χ0n) is 19.0. The van der Waals surface area contributed by atoms with Crippen LogP contribution in [0.5, 0.6) is 0 Å². The Morgan fingerprint density at radius 3 is 2.52 bits per heavy atom. The van der Waals surface area contributed by atoms with Crippen molar-refractivity contribution in [1.29, 1.82) is 5.26 Å². The third-order valence-corrected chi connectivity index (χ3v) is 6.04. The summed E-state index contributed by atoms with van der Waals surface area (Å²) in [6, 6.07) is 15.6. The van der Waals surface area contributed by atoms with Crippen molar-refractivity contribution in [2.75, 3.05) is 49.5 Å². The molecular weight excluding hydrogens is 416 g/mol. The molecule has 1 saturated heterocycles. The molecule has 1 fully saturated rings. The Morgan fingerprint density at radius 1 is 1.12 bits per heavy atom. The third-order valence-electron chi connectivity index (χ3n) is 6.04. The highest BCUT2D eigenvalue weighted by Gasteiger charge is 2.20. The summed E-state index contributed by atoms with van der Waals surface area (Å²) in [6.07, 6.45) is 1.57. The van der Waals surface area contributed by atoms with Crippen LogP contribution >= 0.6 is 0 Å². The molecule has 2 heterocycles. The van der Waals surface area contributed by atoms with E-state index in [4.69, 9.17) is 5.11 Å². The molecule has 4 rings (SSSR count). The molecule has 1 amide bonds. The number of hydrogen-bond donors (Lipinski definition) is 2. The minimum absolute atomic E-state index is 0.154. The van der Waals surface area contributed by atoms with Gasteiger partial charge in [0.1, 0.15) is 6.07 Å². The van der Waals surface area contributed by atoms with Crippen LogP contribution in [0.25, 0.3) is 5.69 Å². The Bertz CT molecular complexity index is 1170. The van der Waals surface area contributed by atoms with E-state index < -0.39 is 0 Å². The zero-order valence-corrected chi connectivity index (χ0v) is 19.0. The fourth-order valence-corrected chi connectivity index (χ4v) is 4.11. The van der Waals surface area contributed by atoms with Gasteiger partial charge in [-0.15, -0.1) is 0 Å². The van der Waals surface area contributed by atoms with Gasteiger partial charge in [-0.1, -0.05) is 17.7 Å². The van der Waals surface area contributed by atoms with Gasteiger partial charge in [-0.05, 0) is 44.2 Å². The fourth-order valence-electron chi connectivity index (χ4n) is 4.11. The number of aryl methyl sites for hydroxylation is 1. The molecule has 33 heavy (non-hydrogen) atoms. The van der Waals surface area contributed by atoms with Crippen LogP contribution in [0, 0.1) is 25.2 Å². The number of rotatable bonds is 6. The molecule has 1 aliphatic rings. The van der Waals surface area contributed by atoms with Crippen LogP contribution in [-0.2, 0) is 0 Å². The highest BCUT2D eigenvalue weighted by Crippen LogP contribution is 2.26. The molecule has 0 unspecified atom stereocenters. The summed E-state index contributed by atoms with van der Waals surface area (Å²) in [6.45, 7) is 7.97. The van der Waals surface area contributed by atoms with E-state index in [9.17, 15) is 10.1 Å². The molecule has 0 saturated carbocycles. The molecule has 2 N–H and O–H groups in total. The van der Waals surface area contributed by atoms with Crippen molar-refractivity contribution >= 4 is 17.3 Å². The average molecular weight is 445 g/mol. The highest BCUT2D eigenvalue weighted by atomic mass is 16.3. The number of β-amino-alcohol motifs (C(OH)–C–C–N with tert-alkyl or cyclic N) is 1. The summed E-state index contributed by atoms with van der Waals surface area (Å²) in [7, 11) is 0. The normalized spacial score (nSPS) is 14.2. The van der Waals surface area contributed by atoms with Crippen LogP contribution in [0.1, 0.15) is 27.2 Å². The molecule has 0 radical (unpaired) electrons. The molecule has 3 aromatic rings. The highest BCUT2D eigenvalue weighted by molar-refractivity contribution is 6.05. The molecular formula is C25H28N6O2. The predicted molar refractivity (Wildman–Crippen MR) is 128 cm³/mol.